The van der Waals surface area contributed by atoms with E-state index in [1.54, 1.807) is 0 Å². The smallest absolute Gasteiger partial charge is 0.164 e. The van der Waals surface area contributed by atoms with Crippen molar-refractivity contribution < 1.29 is 4.42 Å². The van der Waals surface area contributed by atoms with Crippen LogP contribution in [0.25, 0.3) is 89.5 Å². The van der Waals surface area contributed by atoms with Crippen molar-refractivity contribution in [3.05, 3.63) is 175 Å². The van der Waals surface area contributed by atoms with Gasteiger partial charge in [-0.05, 0) is 57.5 Å². The molecule has 53 heavy (non-hydrogen) atoms. The lowest BCUT2D eigenvalue weighted by Crippen LogP contribution is -2.10. The summed E-state index contributed by atoms with van der Waals surface area (Å²) >= 11 is 0. The molecular weight excluding hydrogens is 647 g/mol. The van der Waals surface area contributed by atoms with E-state index in [0.717, 1.165) is 72.0 Å². The fraction of sp³-hybridized carbons (Fsp3) is 0.0816. The Labute approximate surface area is 309 Å². The molecule has 0 amide bonds. The highest BCUT2D eigenvalue weighted by Crippen LogP contribution is 2.46. The summed E-state index contributed by atoms with van der Waals surface area (Å²) in [6.45, 7) is 6.73. The maximum absolute atomic E-state index is 7.13. The molecule has 4 heteroatoms. The standard InChI is InChI=1S/C49H37N3O/c1-49(2,3)38-26-24-34(25-27-38)39-28-29-40(48-51-46(35-20-12-6-13-21-35)50-47(52-48)36-22-14-7-15-23-36)43-42-31-37(32-16-8-4-9-17-32)30-41(44(42)53-45(39)43)33-18-10-5-11-19-33/h4-31H,1-3H3. The number of furan rings is 1. The molecule has 2 aromatic heterocycles. The van der Waals surface area contributed by atoms with E-state index < -0.39 is 0 Å². The van der Waals surface area contributed by atoms with Gasteiger partial charge < -0.3 is 4.42 Å². The lowest BCUT2D eigenvalue weighted by molar-refractivity contribution is 0.590. The first-order chi connectivity index (χ1) is 25.9. The zero-order chi connectivity index (χ0) is 35.9. The maximum Gasteiger partial charge on any atom is 0.164 e. The third kappa shape index (κ3) is 6.08. The zero-order valence-corrected chi connectivity index (χ0v) is 29.9. The van der Waals surface area contributed by atoms with Crippen LogP contribution in [-0.4, -0.2) is 15.0 Å². The van der Waals surface area contributed by atoms with E-state index in [-0.39, 0.29) is 5.41 Å². The summed E-state index contributed by atoms with van der Waals surface area (Å²) in [5.41, 5.74) is 12.1. The van der Waals surface area contributed by atoms with Crippen LogP contribution in [0.3, 0.4) is 0 Å². The van der Waals surface area contributed by atoms with Gasteiger partial charge in [-0.15, -0.1) is 0 Å². The SMILES string of the molecule is CC(C)(C)c1ccc(-c2ccc(-c3nc(-c4ccccc4)nc(-c4ccccc4)n3)c3c2oc2c(-c4ccccc4)cc(-c4ccccc4)cc23)cc1. The van der Waals surface area contributed by atoms with E-state index in [1.807, 2.05) is 66.7 Å². The molecule has 9 rings (SSSR count). The highest BCUT2D eigenvalue weighted by atomic mass is 16.3. The number of hydrogen-bond acceptors (Lipinski definition) is 4. The van der Waals surface area contributed by atoms with Crippen LogP contribution < -0.4 is 0 Å². The molecule has 7 aromatic carbocycles. The van der Waals surface area contributed by atoms with Crippen LogP contribution in [0.15, 0.2) is 174 Å². The van der Waals surface area contributed by atoms with Gasteiger partial charge in [0.15, 0.2) is 17.5 Å². The van der Waals surface area contributed by atoms with Crippen molar-refractivity contribution in [3.8, 4) is 67.5 Å². The summed E-state index contributed by atoms with van der Waals surface area (Å²) in [6, 6.07) is 58.9. The molecule has 0 atom stereocenters. The van der Waals surface area contributed by atoms with Gasteiger partial charge >= 0.3 is 0 Å². The van der Waals surface area contributed by atoms with Crippen LogP contribution in [0.5, 0.6) is 0 Å². The summed E-state index contributed by atoms with van der Waals surface area (Å²) < 4.78 is 7.13. The van der Waals surface area contributed by atoms with Crippen LogP contribution in [-0.2, 0) is 5.41 Å². The molecule has 2 heterocycles. The van der Waals surface area contributed by atoms with E-state index in [1.165, 1.54) is 5.56 Å². The lowest BCUT2D eigenvalue weighted by Gasteiger charge is -2.19. The minimum atomic E-state index is 0.0428. The van der Waals surface area contributed by atoms with Crippen molar-refractivity contribution in [2.45, 2.75) is 26.2 Å². The van der Waals surface area contributed by atoms with Crippen molar-refractivity contribution in [3.63, 3.8) is 0 Å². The first-order valence-corrected chi connectivity index (χ1v) is 18.0. The Kier molecular flexibility index (Phi) is 8.01. The second-order valence-corrected chi connectivity index (χ2v) is 14.5. The fourth-order valence-electron chi connectivity index (χ4n) is 7.10. The third-order valence-electron chi connectivity index (χ3n) is 9.91. The quantitative estimate of drug-likeness (QED) is 0.175. The summed E-state index contributed by atoms with van der Waals surface area (Å²) in [5.74, 6) is 1.82. The lowest BCUT2D eigenvalue weighted by atomic mass is 9.86. The molecule has 9 aromatic rings. The molecule has 0 aliphatic carbocycles. The van der Waals surface area contributed by atoms with E-state index >= 15 is 0 Å². The first-order valence-electron chi connectivity index (χ1n) is 18.0. The average Bonchev–Trinajstić information content (AvgIpc) is 3.61. The van der Waals surface area contributed by atoms with Gasteiger partial charge in [-0.2, -0.15) is 0 Å². The van der Waals surface area contributed by atoms with Crippen molar-refractivity contribution in [2.24, 2.45) is 0 Å². The Bertz CT molecular complexity index is 2660. The number of fused-ring (bicyclic) bond motifs is 3. The number of benzene rings is 7. The monoisotopic (exact) mass is 683 g/mol. The molecule has 0 spiro atoms. The van der Waals surface area contributed by atoms with Crippen molar-refractivity contribution in [2.75, 3.05) is 0 Å². The molecule has 0 unspecified atom stereocenters. The Balaban J connectivity index is 1.38. The first kappa shape index (κ1) is 32.3. The molecule has 0 N–H and O–H groups in total. The summed E-state index contributed by atoms with van der Waals surface area (Å²) in [5, 5.41) is 1.97. The minimum Gasteiger partial charge on any atom is -0.455 e. The molecule has 0 aliphatic heterocycles. The normalized spacial score (nSPS) is 11.7. The van der Waals surface area contributed by atoms with E-state index in [2.05, 4.69) is 124 Å². The van der Waals surface area contributed by atoms with Gasteiger partial charge in [0.1, 0.15) is 11.2 Å². The van der Waals surface area contributed by atoms with Crippen LogP contribution >= 0.6 is 0 Å². The van der Waals surface area contributed by atoms with Crippen molar-refractivity contribution >= 4 is 21.9 Å². The zero-order valence-electron chi connectivity index (χ0n) is 29.9. The molecule has 0 saturated carbocycles. The van der Waals surface area contributed by atoms with Gasteiger partial charge in [-0.1, -0.05) is 166 Å². The molecule has 0 fully saturated rings. The van der Waals surface area contributed by atoms with Gasteiger partial charge in [0, 0.05) is 38.6 Å². The van der Waals surface area contributed by atoms with E-state index in [9.17, 15) is 0 Å². The second kappa shape index (κ2) is 13.2. The van der Waals surface area contributed by atoms with Crippen LogP contribution in [0.4, 0.5) is 0 Å². The van der Waals surface area contributed by atoms with Crippen LogP contribution in [0, 0.1) is 0 Å². The predicted octanol–water partition coefficient (Wildman–Crippen LogP) is 13.1. The number of rotatable bonds is 6. The van der Waals surface area contributed by atoms with Gasteiger partial charge in [-0.25, -0.2) is 15.0 Å². The molecule has 0 aliphatic rings. The van der Waals surface area contributed by atoms with Crippen molar-refractivity contribution in [1.29, 1.82) is 0 Å². The van der Waals surface area contributed by atoms with Crippen molar-refractivity contribution in [1.82, 2.24) is 15.0 Å². The highest BCUT2D eigenvalue weighted by Gasteiger charge is 2.24. The highest BCUT2D eigenvalue weighted by molar-refractivity contribution is 6.19. The Morgan fingerprint density at radius 2 is 0.849 bits per heavy atom. The minimum absolute atomic E-state index is 0.0428. The Morgan fingerprint density at radius 3 is 1.40 bits per heavy atom. The topological polar surface area (TPSA) is 51.8 Å². The average molecular weight is 684 g/mol. The van der Waals surface area contributed by atoms with Crippen LogP contribution in [0.2, 0.25) is 0 Å². The molecule has 0 bridgehead atoms. The predicted molar refractivity (Wildman–Crippen MR) is 218 cm³/mol. The van der Waals surface area contributed by atoms with Gasteiger partial charge in [-0.3, -0.25) is 0 Å². The Morgan fingerprint density at radius 1 is 0.377 bits per heavy atom. The molecule has 254 valence electrons. The number of aromatic nitrogens is 3. The Hall–Kier alpha value is -6.65. The third-order valence-corrected chi connectivity index (χ3v) is 9.91. The number of hydrogen-bond donors (Lipinski definition) is 0. The summed E-state index contributed by atoms with van der Waals surface area (Å²) in [4.78, 5) is 15.3. The molecule has 4 nitrogen and oxygen atoms in total. The summed E-state index contributed by atoms with van der Waals surface area (Å²) in [7, 11) is 0. The maximum atomic E-state index is 7.13. The molecular formula is C49H37N3O. The fourth-order valence-corrected chi connectivity index (χ4v) is 7.10. The van der Waals surface area contributed by atoms with E-state index in [4.69, 9.17) is 19.4 Å². The largest absolute Gasteiger partial charge is 0.455 e. The van der Waals surface area contributed by atoms with Gasteiger partial charge in [0.05, 0.1) is 0 Å². The van der Waals surface area contributed by atoms with Gasteiger partial charge in [0.2, 0.25) is 0 Å². The number of nitrogens with zero attached hydrogens (tertiary/aromatic N) is 3. The molecule has 0 radical (unpaired) electrons. The van der Waals surface area contributed by atoms with Crippen LogP contribution in [0.1, 0.15) is 26.3 Å². The molecule has 0 saturated heterocycles. The summed E-state index contributed by atoms with van der Waals surface area (Å²) in [6.07, 6.45) is 0. The van der Waals surface area contributed by atoms with E-state index in [0.29, 0.717) is 17.5 Å². The second-order valence-electron chi connectivity index (χ2n) is 14.5. The van der Waals surface area contributed by atoms with Gasteiger partial charge in [0.25, 0.3) is 0 Å².